The van der Waals surface area contributed by atoms with Gasteiger partial charge >= 0.3 is 0 Å². The lowest BCUT2D eigenvalue weighted by molar-refractivity contribution is 0.392. The number of nitrogens with one attached hydrogen (secondary N) is 1. The van der Waals surface area contributed by atoms with E-state index in [-0.39, 0.29) is 0 Å². The lowest BCUT2D eigenvalue weighted by atomic mass is 10.1. The van der Waals surface area contributed by atoms with Crippen LogP contribution in [0.25, 0.3) is 0 Å². The number of hydrogen-bond acceptors (Lipinski definition) is 3. The van der Waals surface area contributed by atoms with Crippen LogP contribution in [0.3, 0.4) is 0 Å². The summed E-state index contributed by atoms with van der Waals surface area (Å²) in [6.45, 7) is 3.07. The maximum absolute atomic E-state index is 5.62. The van der Waals surface area contributed by atoms with Gasteiger partial charge in [0, 0.05) is 0 Å². The average molecular weight is 314 g/mol. The van der Waals surface area contributed by atoms with Crippen LogP contribution in [0, 0.1) is 0 Å². The molecule has 0 aromatic carbocycles. The van der Waals surface area contributed by atoms with Crippen molar-refractivity contribution in [2.24, 2.45) is 0 Å². The normalized spacial score (nSPS) is 12.8. The van der Waals surface area contributed by atoms with E-state index in [1.807, 2.05) is 12.1 Å². The maximum Gasteiger partial charge on any atom is 0.169 e. The molecule has 0 aliphatic heterocycles. The second kappa shape index (κ2) is 6.38. The first-order valence-corrected chi connectivity index (χ1v) is 7.53. The maximum atomic E-state index is 5.62. The highest BCUT2D eigenvalue weighted by molar-refractivity contribution is 9.10. The minimum absolute atomic E-state index is 0.297. The number of furan rings is 1. The summed E-state index contributed by atoms with van der Waals surface area (Å²) in [5.41, 5.74) is 1.41. The minimum Gasteiger partial charge on any atom is -0.453 e. The van der Waals surface area contributed by atoms with E-state index in [0.29, 0.717) is 6.04 Å². The Morgan fingerprint density at radius 2 is 2.29 bits per heavy atom. The topological polar surface area (TPSA) is 25.2 Å². The predicted molar refractivity (Wildman–Crippen MR) is 75.5 cm³/mol. The fourth-order valence-corrected chi connectivity index (χ4v) is 2.87. The Morgan fingerprint density at radius 1 is 1.41 bits per heavy atom. The highest BCUT2D eigenvalue weighted by Crippen LogP contribution is 2.24. The Bertz CT molecular complexity index is 438. The molecule has 1 N–H and O–H groups in total. The Hall–Kier alpha value is -0.580. The van der Waals surface area contributed by atoms with Gasteiger partial charge in [-0.15, -0.1) is 0 Å². The second-order valence-corrected chi connectivity index (χ2v) is 5.48. The third kappa shape index (κ3) is 3.69. The summed E-state index contributed by atoms with van der Waals surface area (Å²) in [5, 5.41) is 7.80. The fourth-order valence-electron chi connectivity index (χ4n) is 1.85. The van der Waals surface area contributed by atoms with Gasteiger partial charge in [-0.3, -0.25) is 0 Å². The van der Waals surface area contributed by atoms with Crippen molar-refractivity contribution in [3.63, 3.8) is 0 Å². The SMILES string of the molecule is CCNC(CCc1ccsc1)c1ccc(Br)o1. The van der Waals surface area contributed by atoms with Crippen molar-refractivity contribution in [1.29, 1.82) is 0 Å². The van der Waals surface area contributed by atoms with E-state index in [4.69, 9.17) is 4.42 Å². The molecule has 0 fully saturated rings. The third-order valence-corrected chi connectivity index (χ3v) is 3.85. The van der Waals surface area contributed by atoms with Gasteiger partial charge in [0.15, 0.2) is 4.67 Å². The van der Waals surface area contributed by atoms with E-state index in [1.165, 1.54) is 5.56 Å². The molecule has 0 saturated heterocycles. The van der Waals surface area contributed by atoms with E-state index in [1.54, 1.807) is 11.3 Å². The first kappa shape index (κ1) is 12.9. The van der Waals surface area contributed by atoms with Crippen molar-refractivity contribution >= 4 is 27.3 Å². The van der Waals surface area contributed by atoms with Crippen LogP contribution in [0.15, 0.2) is 38.0 Å². The van der Waals surface area contributed by atoms with Crippen LogP contribution in [-0.2, 0) is 6.42 Å². The molecular formula is C13H16BrNOS. The highest BCUT2D eigenvalue weighted by Gasteiger charge is 2.14. The lowest BCUT2D eigenvalue weighted by Crippen LogP contribution is -2.20. The van der Waals surface area contributed by atoms with Crippen molar-refractivity contribution in [3.8, 4) is 0 Å². The molecule has 2 rings (SSSR count). The summed E-state index contributed by atoms with van der Waals surface area (Å²) >= 11 is 5.10. The van der Waals surface area contributed by atoms with Crippen LogP contribution in [0.2, 0.25) is 0 Å². The third-order valence-electron chi connectivity index (χ3n) is 2.69. The van der Waals surface area contributed by atoms with Gasteiger partial charge in [0.05, 0.1) is 6.04 Å². The molecule has 0 saturated carbocycles. The van der Waals surface area contributed by atoms with Crippen molar-refractivity contribution in [2.75, 3.05) is 6.54 Å². The van der Waals surface area contributed by atoms with Gasteiger partial charge in [0.25, 0.3) is 0 Å². The van der Waals surface area contributed by atoms with Crippen molar-refractivity contribution in [2.45, 2.75) is 25.8 Å². The van der Waals surface area contributed by atoms with E-state index < -0.39 is 0 Å². The van der Waals surface area contributed by atoms with Crippen LogP contribution in [-0.4, -0.2) is 6.54 Å². The monoisotopic (exact) mass is 313 g/mol. The highest BCUT2D eigenvalue weighted by atomic mass is 79.9. The molecular weight excluding hydrogens is 298 g/mol. The van der Waals surface area contributed by atoms with Crippen LogP contribution < -0.4 is 5.32 Å². The molecule has 2 aromatic heterocycles. The Balaban J connectivity index is 1.97. The van der Waals surface area contributed by atoms with E-state index >= 15 is 0 Å². The van der Waals surface area contributed by atoms with Gasteiger partial charge < -0.3 is 9.73 Å². The lowest BCUT2D eigenvalue weighted by Gasteiger charge is -2.14. The smallest absolute Gasteiger partial charge is 0.169 e. The Labute approximate surface area is 114 Å². The summed E-state index contributed by atoms with van der Waals surface area (Å²) in [6, 6.07) is 6.47. The molecule has 92 valence electrons. The van der Waals surface area contributed by atoms with Gasteiger partial charge in [-0.1, -0.05) is 6.92 Å². The van der Waals surface area contributed by atoms with Gasteiger partial charge in [0.2, 0.25) is 0 Å². The Morgan fingerprint density at radius 3 is 2.88 bits per heavy atom. The van der Waals surface area contributed by atoms with E-state index in [2.05, 4.69) is 45.0 Å². The zero-order chi connectivity index (χ0) is 12.1. The average Bonchev–Trinajstić information content (AvgIpc) is 2.95. The quantitative estimate of drug-likeness (QED) is 0.855. The number of aryl methyl sites for hydroxylation is 1. The molecule has 0 aliphatic carbocycles. The van der Waals surface area contributed by atoms with Gasteiger partial charge in [-0.2, -0.15) is 11.3 Å². The van der Waals surface area contributed by atoms with Gasteiger partial charge in [-0.05, 0) is 69.8 Å². The number of hydrogen-bond donors (Lipinski definition) is 1. The van der Waals surface area contributed by atoms with Gasteiger partial charge in [0.1, 0.15) is 5.76 Å². The zero-order valence-electron chi connectivity index (χ0n) is 9.78. The van der Waals surface area contributed by atoms with Crippen LogP contribution in [0.5, 0.6) is 0 Å². The van der Waals surface area contributed by atoms with Gasteiger partial charge in [-0.25, -0.2) is 0 Å². The molecule has 0 spiro atoms. The van der Waals surface area contributed by atoms with Crippen LogP contribution >= 0.6 is 27.3 Å². The molecule has 4 heteroatoms. The van der Waals surface area contributed by atoms with E-state index in [0.717, 1.165) is 29.8 Å². The molecule has 0 radical (unpaired) electrons. The fraction of sp³-hybridized carbons (Fsp3) is 0.385. The summed E-state index contributed by atoms with van der Waals surface area (Å²) in [7, 11) is 0. The van der Waals surface area contributed by atoms with Crippen molar-refractivity contribution in [1.82, 2.24) is 5.32 Å². The molecule has 1 unspecified atom stereocenters. The summed E-state index contributed by atoms with van der Waals surface area (Å²) in [5.74, 6) is 1.01. The van der Waals surface area contributed by atoms with Crippen molar-refractivity contribution in [3.05, 3.63) is 45.0 Å². The van der Waals surface area contributed by atoms with E-state index in [9.17, 15) is 0 Å². The zero-order valence-corrected chi connectivity index (χ0v) is 12.2. The first-order chi connectivity index (χ1) is 8.29. The number of halogens is 1. The van der Waals surface area contributed by atoms with Crippen LogP contribution in [0.4, 0.5) is 0 Å². The molecule has 0 bridgehead atoms. The summed E-state index contributed by atoms with van der Waals surface area (Å²) in [4.78, 5) is 0. The molecule has 0 aliphatic rings. The van der Waals surface area contributed by atoms with Crippen LogP contribution in [0.1, 0.15) is 30.7 Å². The molecule has 1 atom stereocenters. The van der Waals surface area contributed by atoms with Crippen molar-refractivity contribution < 1.29 is 4.42 Å². The molecule has 2 heterocycles. The second-order valence-electron chi connectivity index (χ2n) is 3.92. The molecule has 2 nitrogen and oxygen atoms in total. The summed E-state index contributed by atoms with van der Waals surface area (Å²) in [6.07, 6.45) is 2.14. The predicted octanol–water partition coefficient (Wildman–Crippen LogP) is 4.39. The molecule has 2 aromatic rings. The molecule has 0 amide bonds. The number of thiophene rings is 1. The molecule has 17 heavy (non-hydrogen) atoms. The largest absolute Gasteiger partial charge is 0.453 e. The first-order valence-electron chi connectivity index (χ1n) is 5.79. The Kier molecular flexibility index (Phi) is 4.83. The standard InChI is InChI=1S/C13H16BrNOS/c1-2-15-11(12-5-6-13(14)16-12)4-3-10-7-8-17-9-10/h5-9,11,15H,2-4H2,1H3. The summed E-state index contributed by atoms with van der Waals surface area (Å²) < 4.78 is 6.42. The minimum atomic E-state index is 0.297. The number of rotatable bonds is 6.